The van der Waals surface area contributed by atoms with Crippen LogP contribution < -0.4 is 5.32 Å². The minimum absolute atomic E-state index is 0.387. The molecule has 6 nitrogen and oxygen atoms in total. The number of nitrogens with one attached hydrogen (secondary N) is 1. The summed E-state index contributed by atoms with van der Waals surface area (Å²) in [6.45, 7) is 2.12. The van der Waals surface area contributed by atoms with Crippen LogP contribution in [0.3, 0.4) is 0 Å². The van der Waals surface area contributed by atoms with Gasteiger partial charge in [0.25, 0.3) is 5.91 Å². The molecule has 0 aliphatic heterocycles. The first kappa shape index (κ1) is 20.4. The molecular formula is C22H20ClN3O3. The van der Waals surface area contributed by atoms with Crippen molar-refractivity contribution in [3.8, 4) is 0 Å². The molecule has 0 saturated carbocycles. The molecule has 7 heteroatoms. The number of benzene rings is 2. The van der Waals surface area contributed by atoms with Gasteiger partial charge in [0.1, 0.15) is 0 Å². The van der Waals surface area contributed by atoms with E-state index >= 15 is 0 Å². The molecule has 0 radical (unpaired) electrons. The van der Waals surface area contributed by atoms with Crippen molar-refractivity contribution in [2.45, 2.75) is 13.5 Å². The summed E-state index contributed by atoms with van der Waals surface area (Å²) in [4.78, 5) is 23.7. The van der Waals surface area contributed by atoms with Gasteiger partial charge in [-0.05, 0) is 36.3 Å². The van der Waals surface area contributed by atoms with Gasteiger partial charge in [0, 0.05) is 28.5 Å². The monoisotopic (exact) mass is 409 g/mol. The molecule has 0 aliphatic rings. The first-order valence-corrected chi connectivity index (χ1v) is 9.34. The predicted molar refractivity (Wildman–Crippen MR) is 113 cm³/mol. The number of rotatable bonds is 7. The maximum absolute atomic E-state index is 11.9. The summed E-state index contributed by atoms with van der Waals surface area (Å²) < 4.78 is 6.73. The molecule has 0 aliphatic carbocycles. The van der Waals surface area contributed by atoms with Gasteiger partial charge in [0.05, 0.1) is 12.7 Å². The topological polar surface area (TPSA) is 73.2 Å². The number of aryl methyl sites for hydroxylation is 1. The zero-order chi connectivity index (χ0) is 20.6. The summed E-state index contributed by atoms with van der Waals surface area (Å²) in [6, 6.07) is 15.1. The molecular weight excluding hydrogens is 390 g/mol. The molecule has 1 N–H and O–H groups in total. The van der Waals surface area contributed by atoms with Crippen molar-refractivity contribution in [3.05, 3.63) is 88.7 Å². The number of hydrogen-bond acceptors (Lipinski definition) is 4. The molecule has 1 heterocycles. The number of amides is 1. The number of anilines is 1. The molecule has 0 bridgehead atoms. The van der Waals surface area contributed by atoms with Gasteiger partial charge < -0.3 is 10.1 Å². The lowest BCUT2D eigenvalue weighted by Gasteiger charge is -2.06. The van der Waals surface area contributed by atoms with Crippen LogP contribution in [0.5, 0.6) is 0 Å². The Morgan fingerprint density at radius 2 is 2.00 bits per heavy atom. The number of hydrogen-bond donors (Lipinski definition) is 1. The molecule has 29 heavy (non-hydrogen) atoms. The molecule has 0 saturated heterocycles. The summed E-state index contributed by atoms with van der Waals surface area (Å²) in [5.41, 5.74) is 3.35. The minimum atomic E-state index is -0.613. The fraction of sp³-hybridized carbons (Fsp3) is 0.136. The van der Waals surface area contributed by atoms with E-state index in [2.05, 4.69) is 10.4 Å². The lowest BCUT2D eigenvalue weighted by atomic mass is 10.2. The van der Waals surface area contributed by atoms with E-state index < -0.39 is 11.9 Å². The Morgan fingerprint density at radius 1 is 1.21 bits per heavy atom. The average molecular weight is 410 g/mol. The van der Waals surface area contributed by atoms with E-state index in [-0.39, 0.29) is 6.61 Å². The standard InChI is InChI=1S/C22H20ClN3O3/c1-16-7-9-19(11-20(16)23)25-21(27)15-29-22(28)10-8-18-12-24-26(14-18)13-17-5-3-2-4-6-17/h2-12,14H,13,15H2,1H3,(H,25,27)/b10-8+. The Morgan fingerprint density at radius 3 is 2.76 bits per heavy atom. The number of esters is 1. The normalized spacial score (nSPS) is 10.8. The van der Waals surface area contributed by atoms with Crippen molar-refractivity contribution in [1.29, 1.82) is 0 Å². The van der Waals surface area contributed by atoms with Gasteiger partial charge in [-0.3, -0.25) is 9.48 Å². The van der Waals surface area contributed by atoms with Crippen LogP contribution in [0.2, 0.25) is 5.02 Å². The summed E-state index contributed by atoms with van der Waals surface area (Å²) in [7, 11) is 0. The number of ether oxygens (including phenoxy) is 1. The smallest absolute Gasteiger partial charge is 0.331 e. The number of halogens is 1. The molecule has 0 atom stereocenters. The molecule has 0 fully saturated rings. The van der Waals surface area contributed by atoms with E-state index in [4.69, 9.17) is 16.3 Å². The highest BCUT2D eigenvalue weighted by molar-refractivity contribution is 6.31. The average Bonchev–Trinajstić information content (AvgIpc) is 3.16. The Hall–Kier alpha value is -3.38. The van der Waals surface area contributed by atoms with Crippen molar-refractivity contribution in [2.75, 3.05) is 11.9 Å². The van der Waals surface area contributed by atoms with Crippen LogP contribution in [-0.2, 0) is 20.9 Å². The van der Waals surface area contributed by atoms with E-state index in [9.17, 15) is 9.59 Å². The fourth-order valence-electron chi connectivity index (χ4n) is 2.54. The second-order valence-electron chi connectivity index (χ2n) is 6.41. The van der Waals surface area contributed by atoms with Gasteiger partial charge in [-0.25, -0.2) is 4.79 Å². The number of aromatic nitrogens is 2. The molecule has 1 aromatic heterocycles. The van der Waals surface area contributed by atoms with Gasteiger partial charge in [-0.2, -0.15) is 5.10 Å². The minimum Gasteiger partial charge on any atom is -0.452 e. The SMILES string of the molecule is Cc1ccc(NC(=O)COC(=O)/C=C/c2cnn(Cc3ccccc3)c2)cc1Cl. The van der Waals surface area contributed by atoms with Crippen molar-refractivity contribution in [1.82, 2.24) is 9.78 Å². The van der Waals surface area contributed by atoms with Gasteiger partial charge in [-0.1, -0.05) is 48.0 Å². The fourth-order valence-corrected chi connectivity index (χ4v) is 2.72. The van der Waals surface area contributed by atoms with Crippen molar-refractivity contribution in [2.24, 2.45) is 0 Å². The second kappa shape index (κ2) is 9.71. The molecule has 2 aromatic carbocycles. The van der Waals surface area contributed by atoms with E-state index in [0.29, 0.717) is 17.3 Å². The lowest BCUT2D eigenvalue weighted by Crippen LogP contribution is -2.20. The van der Waals surface area contributed by atoms with Crippen molar-refractivity contribution in [3.63, 3.8) is 0 Å². The van der Waals surface area contributed by atoms with Gasteiger partial charge >= 0.3 is 5.97 Å². The Kier molecular flexibility index (Phi) is 6.81. The van der Waals surface area contributed by atoms with Crippen molar-refractivity contribution < 1.29 is 14.3 Å². The van der Waals surface area contributed by atoms with Gasteiger partial charge in [0.2, 0.25) is 0 Å². The zero-order valence-corrected chi connectivity index (χ0v) is 16.6. The summed E-state index contributed by atoms with van der Waals surface area (Å²) in [5.74, 6) is -1.06. The first-order chi connectivity index (χ1) is 14.0. The van der Waals surface area contributed by atoms with E-state index in [1.165, 1.54) is 6.08 Å². The van der Waals surface area contributed by atoms with Crippen LogP contribution in [0.4, 0.5) is 5.69 Å². The van der Waals surface area contributed by atoms with Crippen LogP contribution in [0.1, 0.15) is 16.7 Å². The summed E-state index contributed by atoms with van der Waals surface area (Å²) in [5, 5.41) is 7.44. The highest BCUT2D eigenvalue weighted by Crippen LogP contribution is 2.19. The maximum Gasteiger partial charge on any atom is 0.331 e. The second-order valence-corrected chi connectivity index (χ2v) is 6.82. The molecule has 148 valence electrons. The highest BCUT2D eigenvalue weighted by atomic mass is 35.5. The number of nitrogens with zero attached hydrogens (tertiary/aromatic N) is 2. The molecule has 1 amide bonds. The van der Waals surface area contributed by atoms with Gasteiger partial charge in [-0.15, -0.1) is 0 Å². The number of carbonyl (C=O) groups excluding carboxylic acids is 2. The highest BCUT2D eigenvalue weighted by Gasteiger charge is 2.07. The Bertz CT molecular complexity index is 1030. The zero-order valence-electron chi connectivity index (χ0n) is 15.8. The first-order valence-electron chi connectivity index (χ1n) is 8.97. The molecule has 0 unspecified atom stereocenters. The number of carbonyl (C=O) groups is 2. The third-order valence-electron chi connectivity index (χ3n) is 4.05. The summed E-state index contributed by atoms with van der Waals surface area (Å²) in [6.07, 6.45) is 6.33. The molecule has 0 spiro atoms. The van der Waals surface area contributed by atoms with Crippen LogP contribution in [0, 0.1) is 6.92 Å². The Balaban J connectivity index is 1.46. The van der Waals surface area contributed by atoms with Crippen molar-refractivity contribution >= 4 is 35.2 Å². The molecule has 3 aromatic rings. The van der Waals surface area contributed by atoms with E-state index in [1.807, 2.05) is 43.5 Å². The largest absolute Gasteiger partial charge is 0.452 e. The Labute approximate surface area is 173 Å². The van der Waals surface area contributed by atoms with E-state index in [0.717, 1.165) is 16.7 Å². The third-order valence-corrected chi connectivity index (χ3v) is 4.46. The van der Waals surface area contributed by atoms with Crippen LogP contribution >= 0.6 is 11.6 Å². The summed E-state index contributed by atoms with van der Waals surface area (Å²) >= 11 is 6.02. The third kappa shape index (κ3) is 6.33. The quantitative estimate of drug-likeness (QED) is 0.471. The maximum atomic E-state index is 11.9. The van der Waals surface area contributed by atoms with E-state index in [1.54, 1.807) is 35.2 Å². The molecule has 3 rings (SSSR count). The van der Waals surface area contributed by atoms with Crippen LogP contribution in [0.25, 0.3) is 6.08 Å². The van der Waals surface area contributed by atoms with Crippen LogP contribution in [-0.4, -0.2) is 28.3 Å². The predicted octanol–water partition coefficient (Wildman–Crippen LogP) is 4.09. The van der Waals surface area contributed by atoms with Gasteiger partial charge in [0.15, 0.2) is 6.61 Å². The lowest BCUT2D eigenvalue weighted by molar-refractivity contribution is -0.142. The van der Waals surface area contributed by atoms with Crippen LogP contribution in [0.15, 0.2) is 67.0 Å².